The molecule has 0 spiro atoms. The van der Waals surface area contributed by atoms with Crippen molar-refractivity contribution in [3.05, 3.63) is 96.8 Å². The van der Waals surface area contributed by atoms with Crippen molar-refractivity contribution >= 4 is 34.2 Å². The second-order valence-corrected chi connectivity index (χ2v) is 9.20. The van der Waals surface area contributed by atoms with E-state index < -0.39 is 5.25 Å². The fraction of sp³-hybridized carbons (Fsp3) is 0.185. The molecule has 7 nitrogen and oxygen atoms in total. The van der Waals surface area contributed by atoms with Crippen molar-refractivity contribution in [1.29, 1.82) is 0 Å². The number of hydrogen-bond acceptors (Lipinski definition) is 6. The normalized spacial score (nSPS) is 12.3. The lowest BCUT2D eigenvalue weighted by atomic mass is 10.0. The van der Waals surface area contributed by atoms with E-state index in [1.54, 1.807) is 6.08 Å². The molecule has 1 atom stereocenters. The number of ether oxygens (including phenoxy) is 1. The Balaban J connectivity index is 1.39. The van der Waals surface area contributed by atoms with Gasteiger partial charge in [-0.2, -0.15) is 5.10 Å². The molecule has 4 rings (SSSR count). The number of benzene rings is 3. The average molecular weight is 486 g/mol. The molecule has 178 valence electrons. The van der Waals surface area contributed by atoms with Crippen molar-refractivity contribution in [3.8, 4) is 5.75 Å². The first-order valence-electron chi connectivity index (χ1n) is 11.3. The van der Waals surface area contributed by atoms with Crippen molar-refractivity contribution < 1.29 is 9.53 Å². The van der Waals surface area contributed by atoms with Crippen LogP contribution in [0.4, 0.5) is 0 Å². The summed E-state index contributed by atoms with van der Waals surface area (Å²) < 4.78 is 7.71. The molecule has 8 heteroatoms. The molecule has 1 aromatic heterocycles. The van der Waals surface area contributed by atoms with E-state index in [4.69, 9.17) is 4.74 Å². The minimum atomic E-state index is -0.432. The number of nitrogens with zero attached hydrogens (tertiary/aromatic N) is 4. The third kappa shape index (κ3) is 6.16. The summed E-state index contributed by atoms with van der Waals surface area (Å²) in [6, 6.07) is 23.8. The van der Waals surface area contributed by atoms with Gasteiger partial charge >= 0.3 is 0 Å². The predicted octanol–water partition coefficient (Wildman–Crippen LogP) is 5.22. The van der Waals surface area contributed by atoms with Gasteiger partial charge in [0, 0.05) is 6.54 Å². The molecular weight excluding hydrogens is 458 g/mol. The number of thioether (sulfide) groups is 1. The van der Waals surface area contributed by atoms with Crippen molar-refractivity contribution in [2.24, 2.45) is 5.10 Å². The van der Waals surface area contributed by atoms with Crippen LogP contribution in [0.15, 0.2) is 95.7 Å². The number of para-hydroxylation sites is 1. The highest BCUT2D eigenvalue weighted by atomic mass is 32.2. The molecule has 0 aliphatic heterocycles. The first-order valence-corrected chi connectivity index (χ1v) is 12.1. The summed E-state index contributed by atoms with van der Waals surface area (Å²) in [4.78, 5) is 12.7. The van der Waals surface area contributed by atoms with Gasteiger partial charge in [-0.15, -0.1) is 16.8 Å². The number of hydrogen-bond donors (Lipinski definition) is 1. The van der Waals surface area contributed by atoms with Crippen molar-refractivity contribution in [2.45, 2.75) is 37.4 Å². The second-order valence-electron chi connectivity index (χ2n) is 7.90. The van der Waals surface area contributed by atoms with E-state index in [9.17, 15) is 4.79 Å². The van der Waals surface area contributed by atoms with Crippen LogP contribution in [-0.4, -0.2) is 31.6 Å². The van der Waals surface area contributed by atoms with Crippen LogP contribution in [0.1, 0.15) is 25.2 Å². The summed E-state index contributed by atoms with van der Waals surface area (Å²) in [6.07, 6.45) is 1.77. The van der Waals surface area contributed by atoms with Crippen LogP contribution in [0.25, 0.3) is 10.8 Å². The van der Waals surface area contributed by atoms with E-state index in [2.05, 4.69) is 51.6 Å². The molecule has 0 bridgehead atoms. The Kier molecular flexibility index (Phi) is 7.95. The largest absolute Gasteiger partial charge is 0.486 e. The maximum atomic E-state index is 12.7. The van der Waals surface area contributed by atoms with E-state index in [0.717, 1.165) is 27.8 Å². The van der Waals surface area contributed by atoms with Crippen LogP contribution >= 0.6 is 11.8 Å². The molecule has 0 aliphatic carbocycles. The third-order valence-electron chi connectivity index (χ3n) is 5.37. The number of carbonyl (C=O) groups excluding carboxylic acids is 1. The van der Waals surface area contributed by atoms with Crippen LogP contribution < -0.4 is 10.2 Å². The predicted molar refractivity (Wildman–Crippen MR) is 141 cm³/mol. The Labute approximate surface area is 208 Å². The molecule has 35 heavy (non-hydrogen) atoms. The number of carbonyl (C=O) groups is 1. The Morgan fingerprint density at radius 1 is 1.11 bits per heavy atom. The van der Waals surface area contributed by atoms with Gasteiger partial charge in [-0.25, -0.2) is 5.43 Å². The zero-order valence-corrected chi connectivity index (χ0v) is 20.5. The molecule has 0 radical (unpaired) electrons. The molecule has 1 amide bonds. The molecule has 3 aromatic carbocycles. The molecule has 1 N–H and O–H groups in total. The van der Waals surface area contributed by atoms with Gasteiger partial charge in [0.15, 0.2) is 11.0 Å². The first kappa shape index (κ1) is 24.2. The van der Waals surface area contributed by atoms with Crippen molar-refractivity contribution in [3.63, 3.8) is 0 Å². The standard InChI is InChI=1S/C27H27N5O2S/c1-4-16-32-25(18-34-24-12-6-5-7-13-24)29-31-27(32)35-20(3)26(33)30-28-19(2)22-15-14-21-10-8-9-11-23(21)17-22/h4-15,17,20H,1,16,18H2,2-3H3,(H,30,33)/b28-19+/t20-/m0/s1. The van der Waals surface area contributed by atoms with E-state index in [1.807, 2.05) is 66.9 Å². The third-order valence-corrected chi connectivity index (χ3v) is 6.45. The van der Waals surface area contributed by atoms with Gasteiger partial charge in [0.2, 0.25) is 0 Å². The molecular formula is C27H27N5O2S. The fourth-order valence-electron chi connectivity index (χ4n) is 3.41. The molecule has 0 unspecified atom stereocenters. The number of allylic oxidation sites excluding steroid dienone is 1. The van der Waals surface area contributed by atoms with Gasteiger partial charge in [0.05, 0.1) is 11.0 Å². The number of nitrogens with one attached hydrogen (secondary N) is 1. The van der Waals surface area contributed by atoms with Gasteiger partial charge in [-0.1, -0.05) is 72.4 Å². The van der Waals surface area contributed by atoms with Gasteiger partial charge in [-0.05, 0) is 48.4 Å². The summed E-state index contributed by atoms with van der Waals surface area (Å²) in [7, 11) is 0. The van der Waals surface area contributed by atoms with E-state index in [-0.39, 0.29) is 12.5 Å². The average Bonchev–Trinajstić information content (AvgIpc) is 3.27. The first-order chi connectivity index (χ1) is 17.0. The van der Waals surface area contributed by atoms with Gasteiger partial charge < -0.3 is 4.74 Å². The highest BCUT2D eigenvalue weighted by Crippen LogP contribution is 2.23. The lowest BCUT2D eigenvalue weighted by molar-refractivity contribution is -0.120. The maximum Gasteiger partial charge on any atom is 0.253 e. The molecule has 4 aromatic rings. The minimum absolute atomic E-state index is 0.217. The number of fused-ring (bicyclic) bond motifs is 1. The SMILES string of the molecule is C=CCn1c(COc2ccccc2)nnc1S[C@@H](C)C(=O)N/N=C(\C)c1ccc2ccccc2c1. The molecule has 0 saturated carbocycles. The lowest BCUT2D eigenvalue weighted by Gasteiger charge is -2.12. The Hall–Kier alpha value is -3.91. The zero-order chi connectivity index (χ0) is 24.6. The van der Waals surface area contributed by atoms with Crippen molar-refractivity contribution in [1.82, 2.24) is 20.2 Å². The summed E-state index contributed by atoms with van der Waals surface area (Å²) >= 11 is 1.31. The topological polar surface area (TPSA) is 81.4 Å². The van der Waals surface area contributed by atoms with Crippen LogP contribution in [-0.2, 0) is 17.9 Å². The summed E-state index contributed by atoms with van der Waals surface area (Å²) in [5.41, 5.74) is 4.37. The van der Waals surface area contributed by atoms with Gasteiger partial charge in [0.25, 0.3) is 5.91 Å². The van der Waals surface area contributed by atoms with E-state index in [1.165, 1.54) is 11.8 Å². The highest BCUT2D eigenvalue weighted by molar-refractivity contribution is 8.00. The number of aromatic nitrogens is 3. The number of rotatable bonds is 10. The molecule has 0 fully saturated rings. The fourth-order valence-corrected chi connectivity index (χ4v) is 4.28. The molecule has 0 saturated heterocycles. The van der Waals surface area contributed by atoms with E-state index >= 15 is 0 Å². The van der Waals surface area contributed by atoms with Crippen LogP contribution in [0.3, 0.4) is 0 Å². The van der Waals surface area contributed by atoms with Crippen LogP contribution in [0, 0.1) is 0 Å². The summed E-state index contributed by atoms with van der Waals surface area (Å²) in [5.74, 6) is 1.20. The Morgan fingerprint density at radius 3 is 2.63 bits per heavy atom. The quantitative estimate of drug-likeness (QED) is 0.144. The molecule has 0 aliphatic rings. The van der Waals surface area contributed by atoms with Crippen LogP contribution in [0.2, 0.25) is 0 Å². The lowest BCUT2D eigenvalue weighted by Crippen LogP contribution is -2.28. The molecule has 1 heterocycles. The number of hydrazone groups is 1. The van der Waals surface area contributed by atoms with E-state index in [0.29, 0.717) is 17.5 Å². The van der Waals surface area contributed by atoms with Gasteiger partial charge in [0.1, 0.15) is 12.4 Å². The highest BCUT2D eigenvalue weighted by Gasteiger charge is 2.20. The Bertz CT molecular complexity index is 1350. The van der Waals surface area contributed by atoms with Crippen LogP contribution in [0.5, 0.6) is 5.75 Å². The maximum absolute atomic E-state index is 12.7. The second kappa shape index (κ2) is 11.5. The summed E-state index contributed by atoms with van der Waals surface area (Å²) in [5, 5.41) is 15.3. The van der Waals surface area contributed by atoms with Gasteiger partial charge in [-0.3, -0.25) is 9.36 Å². The Morgan fingerprint density at radius 2 is 1.86 bits per heavy atom. The minimum Gasteiger partial charge on any atom is -0.486 e. The monoisotopic (exact) mass is 485 g/mol. The smallest absolute Gasteiger partial charge is 0.253 e. The number of amides is 1. The van der Waals surface area contributed by atoms with Crippen molar-refractivity contribution in [2.75, 3.05) is 0 Å². The zero-order valence-electron chi connectivity index (χ0n) is 19.7. The summed E-state index contributed by atoms with van der Waals surface area (Å²) in [6.45, 7) is 8.29.